The van der Waals surface area contributed by atoms with Crippen LogP contribution in [0.5, 0.6) is 5.75 Å². The van der Waals surface area contributed by atoms with Crippen LogP contribution >= 0.6 is 27.5 Å². The van der Waals surface area contributed by atoms with E-state index in [2.05, 4.69) is 21.2 Å². The van der Waals surface area contributed by atoms with Crippen LogP contribution in [0.4, 0.5) is 5.69 Å². The van der Waals surface area contributed by atoms with Crippen molar-refractivity contribution in [3.8, 4) is 5.75 Å². The number of anilines is 1. The molecule has 0 aromatic heterocycles. The summed E-state index contributed by atoms with van der Waals surface area (Å²) in [6.45, 7) is 0. The van der Waals surface area contributed by atoms with E-state index in [0.717, 1.165) is 0 Å². The lowest BCUT2D eigenvalue weighted by Crippen LogP contribution is -2.24. The first-order valence-corrected chi connectivity index (χ1v) is 8.64. The third-order valence-electron chi connectivity index (χ3n) is 3.55. The van der Waals surface area contributed by atoms with Crippen molar-refractivity contribution in [3.63, 3.8) is 0 Å². The van der Waals surface area contributed by atoms with Gasteiger partial charge >= 0.3 is 11.9 Å². The van der Waals surface area contributed by atoms with Crippen molar-refractivity contribution in [1.82, 2.24) is 0 Å². The summed E-state index contributed by atoms with van der Waals surface area (Å²) >= 11 is 9.31. The highest BCUT2D eigenvalue weighted by atomic mass is 79.9. The van der Waals surface area contributed by atoms with Crippen molar-refractivity contribution in [2.24, 2.45) is 0 Å². The van der Waals surface area contributed by atoms with Gasteiger partial charge in [-0.1, -0.05) is 35.9 Å². The molecule has 0 fully saturated rings. The zero-order chi connectivity index (χ0) is 18.7. The molecule has 0 spiro atoms. The number of carbonyl (C=O) groups excluding carboxylic acids is 2. The van der Waals surface area contributed by atoms with Gasteiger partial charge in [0.2, 0.25) is 0 Å². The lowest BCUT2D eigenvalue weighted by atomic mass is 10.2. The van der Waals surface area contributed by atoms with Crippen LogP contribution < -0.4 is 10.1 Å². The van der Waals surface area contributed by atoms with Crippen LogP contribution in [0.2, 0.25) is 0 Å². The molecule has 1 N–H and O–H groups in total. The zero-order valence-electron chi connectivity index (χ0n) is 13.5. The third-order valence-corrected chi connectivity index (χ3v) is 4.60. The Labute approximate surface area is 162 Å². The Bertz CT molecular complexity index is 899. The highest BCUT2D eigenvalue weighted by molar-refractivity contribution is 9.10. The Hall–Kier alpha value is -2.51. The van der Waals surface area contributed by atoms with Crippen molar-refractivity contribution in [1.29, 1.82) is 0 Å². The van der Waals surface area contributed by atoms with Crippen molar-refractivity contribution in [3.05, 3.63) is 69.3 Å². The van der Waals surface area contributed by atoms with Gasteiger partial charge < -0.3 is 19.5 Å². The van der Waals surface area contributed by atoms with Gasteiger partial charge in [-0.15, -0.1) is 0 Å². The van der Waals surface area contributed by atoms with Gasteiger partial charge in [0, 0.05) is 4.47 Å². The summed E-state index contributed by atoms with van der Waals surface area (Å²) < 4.78 is 16.2. The highest BCUT2D eigenvalue weighted by Gasteiger charge is 2.37. The first kappa shape index (κ1) is 18.3. The molecule has 0 unspecified atom stereocenters. The van der Waals surface area contributed by atoms with Gasteiger partial charge in [0.05, 0.1) is 18.4 Å². The minimum atomic E-state index is -1.29. The fourth-order valence-corrected chi connectivity index (χ4v) is 2.93. The summed E-state index contributed by atoms with van der Waals surface area (Å²) in [6, 6.07) is 13.8. The maximum Gasteiger partial charge on any atom is 0.355 e. The summed E-state index contributed by atoms with van der Waals surface area (Å²) in [4.78, 5) is 24.2. The molecule has 2 aromatic carbocycles. The largest absolute Gasteiger partial charge is 0.495 e. The van der Waals surface area contributed by atoms with Crippen LogP contribution in [0.3, 0.4) is 0 Å². The molecule has 1 aliphatic heterocycles. The van der Waals surface area contributed by atoms with Crippen LogP contribution in [0, 0.1) is 0 Å². The number of nitrogens with one attached hydrogen (secondary N) is 1. The molecule has 8 heteroatoms. The Morgan fingerprint density at radius 3 is 2.62 bits per heavy atom. The highest BCUT2D eigenvalue weighted by Crippen LogP contribution is 2.32. The number of rotatable bonds is 5. The molecule has 1 aliphatic rings. The molecule has 0 aliphatic carbocycles. The van der Waals surface area contributed by atoms with Gasteiger partial charge in [-0.05, 0) is 40.2 Å². The first-order valence-electron chi connectivity index (χ1n) is 7.47. The van der Waals surface area contributed by atoms with Crippen molar-refractivity contribution >= 4 is 45.2 Å². The molecular weight excluding hydrogens is 426 g/mol. The molecule has 1 heterocycles. The first-order chi connectivity index (χ1) is 12.5. The molecule has 1 atom stereocenters. The van der Waals surface area contributed by atoms with Crippen LogP contribution in [0.15, 0.2) is 63.7 Å². The zero-order valence-corrected chi connectivity index (χ0v) is 15.8. The number of hydrogen-bond acceptors (Lipinski definition) is 6. The Kier molecular flexibility index (Phi) is 5.49. The van der Waals surface area contributed by atoms with E-state index < -0.39 is 18.2 Å². The van der Waals surface area contributed by atoms with Crippen LogP contribution in [0.25, 0.3) is 0 Å². The average Bonchev–Trinajstić information content (AvgIpc) is 2.90. The predicted molar refractivity (Wildman–Crippen MR) is 98.9 cm³/mol. The molecule has 0 saturated heterocycles. The SMILES string of the molecule is COc1ccccc1NC1=C(Cl)C(=O)O[C@@H]1OC(=O)c1ccccc1Br. The molecule has 3 rings (SSSR count). The maximum absolute atomic E-state index is 12.4. The van der Waals surface area contributed by atoms with E-state index in [0.29, 0.717) is 21.5 Å². The second-order valence-electron chi connectivity index (χ2n) is 5.18. The van der Waals surface area contributed by atoms with E-state index in [-0.39, 0.29) is 10.7 Å². The van der Waals surface area contributed by atoms with E-state index in [1.165, 1.54) is 7.11 Å². The Balaban J connectivity index is 1.84. The lowest BCUT2D eigenvalue weighted by molar-refractivity contribution is -0.152. The van der Waals surface area contributed by atoms with E-state index >= 15 is 0 Å². The number of cyclic esters (lactones) is 1. The summed E-state index contributed by atoms with van der Waals surface area (Å²) in [5.74, 6) is -0.922. The number of esters is 2. The minimum Gasteiger partial charge on any atom is -0.495 e. The molecule has 0 amide bonds. The number of ether oxygens (including phenoxy) is 3. The normalized spacial score (nSPS) is 16.3. The number of methoxy groups -OCH3 is 1. The fraction of sp³-hybridized carbons (Fsp3) is 0.111. The minimum absolute atomic E-state index is 0.126. The van der Waals surface area contributed by atoms with Gasteiger partial charge in [-0.2, -0.15) is 0 Å². The molecule has 26 heavy (non-hydrogen) atoms. The summed E-state index contributed by atoms with van der Waals surface area (Å²) in [6.07, 6.45) is -1.29. The van der Waals surface area contributed by atoms with E-state index in [1.807, 2.05) is 0 Å². The van der Waals surface area contributed by atoms with Crippen LogP contribution in [-0.2, 0) is 14.3 Å². The quantitative estimate of drug-likeness (QED) is 0.710. The van der Waals surface area contributed by atoms with E-state index in [1.54, 1.807) is 48.5 Å². The van der Waals surface area contributed by atoms with Crippen LogP contribution in [0.1, 0.15) is 10.4 Å². The number of halogens is 2. The van der Waals surface area contributed by atoms with Crippen molar-refractivity contribution in [2.45, 2.75) is 6.29 Å². The Morgan fingerprint density at radius 2 is 1.88 bits per heavy atom. The standard InChI is InChI=1S/C18H13BrClNO5/c1-24-13-9-5-4-8-12(13)21-15-14(20)17(23)26-18(15)25-16(22)10-6-2-3-7-11(10)19/h2-9,18,21H,1H3/t18-/m0/s1. The monoisotopic (exact) mass is 437 g/mol. The molecule has 134 valence electrons. The van der Waals surface area contributed by atoms with E-state index in [4.69, 9.17) is 25.8 Å². The maximum atomic E-state index is 12.4. The number of para-hydroxylation sites is 2. The second-order valence-corrected chi connectivity index (χ2v) is 6.41. The smallest absolute Gasteiger partial charge is 0.355 e. The molecule has 2 aromatic rings. The number of benzene rings is 2. The van der Waals surface area contributed by atoms with Gasteiger partial charge in [0.1, 0.15) is 11.4 Å². The molecule has 0 radical (unpaired) electrons. The summed E-state index contributed by atoms with van der Waals surface area (Å²) in [7, 11) is 1.51. The predicted octanol–water partition coefficient (Wildman–Crippen LogP) is 4.06. The topological polar surface area (TPSA) is 73.9 Å². The van der Waals surface area contributed by atoms with Gasteiger partial charge in [-0.25, -0.2) is 9.59 Å². The van der Waals surface area contributed by atoms with E-state index in [9.17, 15) is 9.59 Å². The molecule has 0 saturated carbocycles. The second kappa shape index (κ2) is 7.80. The van der Waals surface area contributed by atoms with Crippen molar-refractivity contribution < 1.29 is 23.8 Å². The lowest BCUT2D eigenvalue weighted by Gasteiger charge is -2.17. The number of carbonyl (C=O) groups is 2. The molecule has 0 bridgehead atoms. The summed E-state index contributed by atoms with van der Waals surface area (Å²) in [5, 5.41) is 2.76. The van der Waals surface area contributed by atoms with Gasteiger partial charge in [0.15, 0.2) is 5.03 Å². The third kappa shape index (κ3) is 3.68. The van der Waals surface area contributed by atoms with Crippen molar-refractivity contribution in [2.75, 3.05) is 12.4 Å². The molecular formula is C18H13BrClNO5. The molecule has 6 nitrogen and oxygen atoms in total. The Morgan fingerprint density at radius 1 is 1.19 bits per heavy atom. The van der Waals surface area contributed by atoms with Gasteiger partial charge in [0.25, 0.3) is 6.29 Å². The average molecular weight is 439 g/mol. The van der Waals surface area contributed by atoms with Crippen LogP contribution in [-0.4, -0.2) is 25.3 Å². The summed E-state index contributed by atoms with van der Waals surface area (Å²) in [5.41, 5.74) is 0.966. The number of hydrogen-bond donors (Lipinski definition) is 1. The van der Waals surface area contributed by atoms with Gasteiger partial charge in [-0.3, -0.25) is 0 Å². The fourth-order valence-electron chi connectivity index (χ4n) is 2.30.